The number of aromatic nitrogens is 4. The maximum absolute atomic E-state index is 13.4. The summed E-state index contributed by atoms with van der Waals surface area (Å²) in [5.41, 5.74) is 4.60. The second kappa shape index (κ2) is 7.94. The summed E-state index contributed by atoms with van der Waals surface area (Å²) < 4.78 is 18.6. The molecule has 0 saturated carbocycles. The van der Waals surface area contributed by atoms with Gasteiger partial charge in [-0.25, -0.2) is 14.4 Å². The van der Waals surface area contributed by atoms with Crippen molar-refractivity contribution in [1.82, 2.24) is 19.9 Å². The maximum Gasteiger partial charge on any atom is 0.216 e. The van der Waals surface area contributed by atoms with Gasteiger partial charge in [-0.15, -0.1) is 0 Å². The number of hydrogen-bond donors (Lipinski definition) is 1. The summed E-state index contributed by atoms with van der Waals surface area (Å²) in [7, 11) is 1.53. The van der Waals surface area contributed by atoms with Crippen molar-refractivity contribution in [3.05, 3.63) is 82.3 Å². The number of fused-ring (bicyclic) bond motifs is 1. The van der Waals surface area contributed by atoms with Crippen LogP contribution in [0.1, 0.15) is 22.4 Å². The Hall–Kier alpha value is -2.99. The molecule has 1 N–H and O–H groups in total. The summed E-state index contributed by atoms with van der Waals surface area (Å²) in [6.07, 6.45) is 8.61. The zero-order chi connectivity index (χ0) is 19.5. The zero-order valence-electron chi connectivity index (χ0n) is 15.2. The van der Waals surface area contributed by atoms with Crippen LogP contribution in [0, 0.1) is 5.82 Å². The van der Waals surface area contributed by atoms with Gasteiger partial charge in [0.05, 0.1) is 18.3 Å². The Labute approximate surface area is 166 Å². The van der Waals surface area contributed by atoms with Crippen LogP contribution in [-0.2, 0) is 19.3 Å². The smallest absolute Gasteiger partial charge is 0.216 e. The van der Waals surface area contributed by atoms with Crippen LogP contribution >= 0.6 is 11.6 Å². The van der Waals surface area contributed by atoms with Crippen LogP contribution in [0.25, 0.3) is 11.0 Å². The average molecular weight is 397 g/mol. The molecule has 0 aliphatic rings. The predicted molar refractivity (Wildman–Crippen MR) is 106 cm³/mol. The largest absolute Gasteiger partial charge is 0.481 e. The first kappa shape index (κ1) is 18.4. The van der Waals surface area contributed by atoms with E-state index in [1.165, 1.54) is 13.2 Å². The van der Waals surface area contributed by atoms with E-state index in [0.29, 0.717) is 30.2 Å². The summed E-state index contributed by atoms with van der Waals surface area (Å²) in [5.74, 6) is 0.0776. The molecule has 0 unspecified atom stereocenters. The molecule has 4 rings (SSSR count). The average Bonchev–Trinajstić information content (AvgIpc) is 3.12. The molecule has 5 nitrogen and oxygen atoms in total. The number of aromatic amines is 1. The van der Waals surface area contributed by atoms with Gasteiger partial charge in [0.15, 0.2) is 0 Å². The van der Waals surface area contributed by atoms with Crippen LogP contribution in [0.2, 0.25) is 5.02 Å². The molecular weight excluding hydrogens is 379 g/mol. The lowest BCUT2D eigenvalue weighted by Gasteiger charge is -2.07. The number of pyridine rings is 3. The number of rotatable bonds is 6. The molecule has 4 heterocycles. The Balaban J connectivity index is 1.46. The van der Waals surface area contributed by atoms with Gasteiger partial charge in [0.25, 0.3) is 0 Å². The fourth-order valence-corrected chi connectivity index (χ4v) is 3.51. The lowest BCUT2D eigenvalue weighted by atomic mass is 10.0. The molecular formula is C21H18ClFN4O. The molecule has 0 bridgehead atoms. The molecule has 0 aromatic carbocycles. The molecule has 0 fully saturated rings. The maximum atomic E-state index is 13.4. The highest BCUT2D eigenvalue weighted by molar-refractivity contribution is 6.35. The lowest BCUT2D eigenvalue weighted by Crippen LogP contribution is -2.00. The fourth-order valence-electron chi connectivity index (χ4n) is 3.24. The third-order valence-corrected chi connectivity index (χ3v) is 4.94. The third kappa shape index (κ3) is 3.82. The van der Waals surface area contributed by atoms with Crippen molar-refractivity contribution in [2.75, 3.05) is 7.11 Å². The van der Waals surface area contributed by atoms with Gasteiger partial charge >= 0.3 is 0 Å². The highest BCUT2D eigenvalue weighted by atomic mass is 35.5. The first-order valence-corrected chi connectivity index (χ1v) is 9.24. The van der Waals surface area contributed by atoms with Crippen LogP contribution in [0.15, 0.2) is 49.1 Å². The number of H-pyrrole nitrogens is 1. The van der Waals surface area contributed by atoms with Crippen LogP contribution in [0.5, 0.6) is 5.88 Å². The van der Waals surface area contributed by atoms with Gasteiger partial charge < -0.3 is 9.72 Å². The summed E-state index contributed by atoms with van der Waals surface area (Å²) in [6, 6.07) is 7.28. The molecule has 0 spiro atoms. The predicted octanol–water partition coefficient (Wildman–Crippen LogP) is 4.53. The summed E-state index contributed by atoms with van der Waals surface area (Å²) >= 11 is 6.31. The molecule has 4 aromatic heterocycles. The van der Waals surface area contributed by atoms with Crippen molar-refractivity contribution < 1.29 is 9.13 Å². The zero-order valence-corrected chi connectivity index (χ0v) is 16.0. The molecule has 7 heteroatoms. The Bertz CT molecular complexity index is 1110. The normalized spacial score (nSPS) is 11.1. The minimum atomic E-state index is -0.369. The molecule has 0 radical (unpaired) electrons. The number of halogens is 2. The van der Waals surface area contributed by atoms with E-state index in [1.807, 2.05) is 24.5 Å². The molecule has 28 heavy (non-hydrogen) atoms. The Morgan fingerprint density at radius 3 is 2.75 bits per heavy atom. The van der Waals surface area contributed by atoms with Gasteiger partial charge in [-0.1, -0.05) is 17.7 Å². The number of aryl methyl sites for hydroxylation is 2. The molecule has 142 valence electrons. The molecule has 0 aliphatic carbocycles. The van der Waals surface area contributed by atoms with E-state index in [9.17, 15) is 4.39 Å². The van der Waals surface area contributed by atoms with Crippen molar-refractivity contribution in [3.8, 4) is 5.88 Å². The SMILES string of the molecule is COc1ncc(F)cc1CCc1ccc(Cc2c[nH]c3nccc(Cl)c23)cn1. The minimum absolute atomic E-state index is 0.369. The monoisotopic (exact) mass is 396 g/mol. The fraction of sp³-hybridized carbons (Fsp3) is 0.190. The number of methoxy groups -OCH3 is 1. The van der Waals surface area contributed by atoms with Crippen molar-refractivity contribution in [2.45, 2.75) is 19.3 Å². The molecule has 4 aromatic rings. The third-order valence-electron chi connectivity index (χ3n) is 4.62. The first-order chi connectivity index (χ1) is 13.6. The highest BCUT2D eigenvalue weighted by Gasteiger charge is 2.10. The second-order valence-corrected chi connectivity index (χ2v) is 6.89. The van der Waals surface area contributed by atoms with E-state index in [2.05, 4.69) is 19.9 Å². The number of ether oxygens (including phenoxy) is 1. The van der Waals surface area contributed by atoms with E-state index >= 15 is 0 Å². The van der Waals surface area contributed by atoms with E-state index < -0.39 is 0 Å². The standard InChI is InChI=1S/C21H18ClFN4O/c1-28-21-14(9-16(23)12-27-21)3-5-17-4-2-13(10-25-17)8-15-11-26-20-19(15)18(22)6-7-24-20/h2,4,6-7,9-12H,3,5,8H2,1H3,(H,24,26). The first-order valence-electron chi connectivity index (χ1n) is 8.86. The second-order valence-electron chi connectivity index (χ2n) is 6.49. The Kier molecular flexibility index (Phi) is 5.21. The van der Waals surface area contributed by atoms with E-state index in [-0.39, 0.29) is 5.82 Å². The minimum Gasteiger partial charge on any atom is -0.481 e. The van der Waals surface area contributed by atoms with Gasteiger partial charge in [-0.3, -0.25) is 4.98 Å². The van der Waals surface area contributed by atoms with Crippen molar-refractivity contribution in [3.63, 3.8) is 0 Å². The van der Waals surface area contributed by atoms with Crippen LogP contribution < -0.4 is 4.74 Å². The number of nitrogens with zero attached hydrogens (tertiary/aromatic N) is 3. The van der Waals surface area contributed by atoms with Crippen LogP contribution in [0.3, 0.4) is 0 Å². The van der Waals surface area contributed by atoms with Gasteiger partial charge in [0.2, 0.25) is 5.88 Å². The van der Waals surface area contributed by atoms with Gasteiger partial charge in [0.1, 0.15) is 11.5 Å². The molecule has 0 amide bonds. The van der Waals surface area contributed by atoms with Gasteiger partial charge in [-0.2, -0.15) is 0 Å². The van der Waals surface area contributed by atoms with Crippen LogP contribution in [-0.4, -0.2) is 27.0 Å². The topological polar surface area (TPSA) is 63.7 Å². The number of nitrogens with one attached hydrogen (secondary N) is 1. The Morgan fingerprint density at radius 1 is 1.07 bits per heavy atom. The van der Waals surface area contributed by atoms with E-state index in [0.717, 1.165) is 39.6 Å². The summed E-state index contributed by atoms with van der Waals surface area (Å²) in [6.45, 7) is 0. The molecule has 0 atom stereocenters. The summed E-state index contributed by atoms with van der Waals surface area (Å²) in [4.78, 5) is 15.9. The van der Waals surface area contributed by atoms with Crippen molar-refractivity contribution in [1.29, 1.82) is 0 Å². The van der Waals surface area contributed by atoms with E-state index in [4.69, 9.17) is 16.3 Å². The molecule has 0 saturated heterocycles. The summed E-state index contributed by atoms with van der Waals surface area (Å²) in [5, 5.41) is 1.63. The van der Waals surface area contributed by atoms with Crippen LogP contribution in [0.4, 0.5) is 4.39 Å². The quantitative estimate of drug-likeness (QED) is 0.520. The molecule has 0 aliphatic heterocycles. The van der Waals surface area contributed by atoms with Crippen molar-refractivity contribution >= 4 is 22.6 Å². The van der Waals surface area contributed by atoms with Crippen molar-refractivity contribution in [2.24, 2.45) is 0 Å². The number of hydrogen-bond acceptors (Lipinski definition) is 4. The lowest BCUT2D eigenvalue weighted by molar-refractivity contribution is 0.390. The van der Waals surface area contributed by atoms with Gasteiger partial charge in [0, 0.05) is 41.7 Å². The highest BCUT2D eigenvalue weighted by Crippen LogP contribution is 2.26. The Morgan fingerprint density at radius 2 is 1.96 bits per heavy atom. The van der Waals surface area contributed by atoms with Gasteiger partial charge in [-0.05, 0) is 42.2 Å². The van der Waals surface area contributed by atoms with E-state index in [1.54, 1.807) is 12.3 Å².